The van der Waals surface area contributed by atoms with Crippen LogP contribution in [-0.2, 0) is 4.74 Å². The fourth-order valence-electron chi connectivity index (χ4n) is 3.50. The van der Waals surface area contributed by atoms with Crippen molar-refractivity contribution in [3.63, 3.8) is 0 Å². The third kappa shape index (κ3) is 4.85. The maximum Gasteiger partial charge on any atom is 0.340 e. The fourth-order valence-corrected chi connectivity index (χ4v) is 3.50. The highest BCUT2D eigenvalue weighted by molar-refractivity contribution is 6.05. The van der Waals surface area contributed by atoms with E-state index >= 15 is 0 Å². The van der Waals surface area contributed by atoms with Gasteiger partial charge >= 0.3 is 5.97 Å². The first kappa shape index (κ1) is 22.8. The van der Waals surface area contributed by atoms with Crippen molar-refractivity contribution in [3.05, 3.63) is 97.3 Å². The molecular weight excluding hydrogens is 434 g/mol. The number of nitrogens with zero attached hydrogens (tertiary/aromatic N) is 1. The van der Waals surface area contributed by atoms with Crippen LogP contribution in [0.2, 0.25) is 0 Å². The molecule has 0 saturated carbocycles. The van der Waals surface area contributed by atoms with Crippen LogP contribution in [0.3, 0.4) is 0 Å². The maximum absolute atomic E-state index is 12.7. The lowest BCUT2D eigenvalue weighted by Gasteiger charge is -2.19. The minimum absolute atomic E-state index is 0.0494. The van der Waals surface area contributed by atoms with Crippen molar-refractivity contribution in [3.8, 4) is 5.75 Å². The predicted octanol–water partition coefficient (Wildman–Crippen LogP) is 2.10. The molecule has 2 aromatic carbocycles. The number of carbonyl (C=O) groups is 1. The first-order chi connectivity index (χ1) is 16.1. The molecule has 0 amide bonds. The molecule has 0 unspecified atom stereocenters. The van der Waals surface area contributed by atoms with Gasteiger partial charge in [0.15, 0.2) is 0 Å². The van der Waals surface area contributed by atoms with E-state index in [2.05, 4.69) is 9.97 Å². The Labute approximate surface area is 194 Å². The van der Waals surface area contributed by atoms with E-state index in [1.54, 1.807) is 75.1 Å². The lowest BCUT2D eigenvalue weighted by atomic mass is 10.1. The van der Waals surface area contributed by atoms with Gasteiger partial charge in [0.05, 0.1) is 18.2 Å². The highest BCUT2D eigenvalue weighted by atomic mass is 16.6. The maximum atomic E-state index is 12.7. The molecule has 0 aliphatic rings. The molecule has 174 valence electrons. The number of methoxy groups -OCH3 is 1. The van der Waals surface area contributed by atoms with E-state index in [1.165, 1.54) is 6.20 Å². The summed E-state index contributed by atoms with van der Waals surface area (Å²) >= 11 is 0. The zero-order chi connectivity index (χ0) is 24.5. The number of benzene rings is 2. The van der Waals surface area contributed by atoms with Crippen LogP contribution in [0.1, 0.15) is 36.7 Å². The molecule has 8 nitrogen and oxygen atoms in total. The van der Waals surface area contributed by atoms with E-state index in [0.29, 0.717) is 22.2 Å². The summed E-state index contributed by atoms with van der Waals surface area (Å²) in [5.41, 5.74) is 0.212. The van der Waals surface area contributed by atoms with E-state index in [0.717, 1.165) is 5.56 Å². The number of aromatic amines is 2. The standard InChI is InChI=1S/C26H25N3O5/c1-26(2,3)34-25(32)19-14-29(22-8-6-5-7-18(19)22)15-21-24(31)27-20(23(30)28-21)13-16-9-11-17(33-4)12-10-16/h5-15H,1-4H3,(H,27,31)(H,28,30)/b20-13-,21-15-. The van der Waals surface area contributed by atoms with Gasteiger partial charge < -0.3 is 24.0 Å². The molecule has 0 saturated heterocycles. The van der Waals surface area contributed by atoms with Gasteiger partial charge in [-0.2, -0.15) is 0 Å². The number of esters is 1. The Morgan fingerprint density at radius 3 is 2.26 bits per heavy atom. The normalized spacial score (nSPS) is 12.8. The molecule has 4 aromatic rings. The summed E-state index contributed by atoms with van der Waals surface area (Å²) in [7, 11) is 1.57. The van der Waals surface area contributed by atoms with Crippen molar-refractivity contribution < 1.29 is 14.3 Å². The number of fused-ring (bicyclic) bond motifs is 1. The lowest BCUT2D eigenvalue weighted by Crippen LogP contribution is -2.47. The van der Waals surface area contributed by atoms with Crippen molar-refractivity contribution in [2.75, 3.05) is 7.11 Å². The molecule has 0 bridgehead atoms. The van der Waals surface area contributed by atoms with Crippen molar-refractivity contribution in [2.24, 2.45) is 0 Å². The van der Waals surface area contributed by atoms with Gasteiger partial charge in [-0.25, -0.2) is 4.79 Å². The van der Waals surface area contributed by atoms with E-state index in [-0.39, 0.29) is 10.7 Å². The van der Waals surface area contributed by atoms with Crippen LogP contribution in [0.4, 0.5) is 0 Å². The van der Waals surface area contributed by atoms with Crippen LogP contribution in [0.5, 0.6) is 5.75 Å². The Morgan fingerprint density at radius 1 is 0.941 bits per heavy atom. The summed E-state index contributed by atoms with van der Waals surface area (Å²) in [6.45, 7) is 5.39. The molecule has 2 heterocycles. The summed E-state index contributed by atoms with van der Waals surface area (Å²) in [5, 5.41) is 0.851. The average Bonchev–Trinajstić information content (AvgIpc) is 3.15. The van der Waals surface area contributed by atoms with Gasteiger partial charge in [0, 0.05) is 17.8 Å². The van der Waals surface area contributed by atoms with Gasteiger partial charge in [0.25, 0.3) is 11.1 Å². The Morgan fingerprint density at radius 2 is 1.59 bits per heavy atom. The molecule has 0 atom stereocenters. The minimum Gasteiger partial charge on any atom is -0.497 e. The van der Waals surface area contributed by atoms with Gasteiger partial charge in [-0.3, -0.25) is 9.59 Å². The number of nitrogens with one attached hydrogen (secondary N) is 2. The topological polar surface area (TPSA) is 106 Å². The summed E-state index contributed by atoms with van der Waals surface area (Å²) in [6, 6.07) is 14.3. The Kier molecular flexibility index (Phi) is 5.98. The Balaban J connectivity index is 1.80. The van der Waals surface area contributed by atoms with Gasteiger partial charge in [-0.15, -0.1) is 0 Å². The quantitative estimate of drug-likeness (QED) is 0.455. The minimum atomic E-state index is -0.650. The van der Waals surface area contributed by atoms with Crippen LogP contribution in [0.25, 0.3) is 23.2 Å². The highest BCUT2D eigenvalue weighted by Gasteiger charge is 2.21. The van der Waals surface area contributed by atoms with Crippen LogP contribution < -0.4 is 26.6 Å². The number of ether oxygens (including phenoxy) is 2. The number of aromatic nitrogens is 3. The molecule has 2 N–H and O–H groups in total. The van der Waals surface area contributed by atoms with Crippen LogP contribution >= 0.6 is 0 Å². The first-order valence-corrected chi connectivity index (χ1v) is 10.7. The van der Waals surface area contributed by atoms with Crippen molar-refractivity contribution in [1.29, 1.82) is 0 Å². The molecule has 0 fully saturated rings. The van der Waals surface area contributed by atoms with Crippen molar-refractivity contribution >= 4 is 29.1 Å². The first-order valence-electron chi connectivity index (χ1n) is 10.7. The SMILES string of the molecule is COc1ccc(/C=c2\[nH]c(=O)/c(=C/n3cc(C(=O)OC(C)(C)C)c4ccccc43)[nH]c2=O)cc1. The Bertz CT molecular complexity index is 1600. The molecule has 0 spiro atoms. The smallest absolute Gasteiger partial charge is 0.340 e. The average molecular weight is 460 g/mol. The largest absolute Gasteiger partial charge is 0.497 e. The summed E-state index contributed by atoms with van der Waals surface area (Å²) < 4.78 is 12.3. The zero-order valence-electron chi connectivity index (χ0n) is 19.3. The second kappa shape index (κ2) is 8.90. The summed E-state index contributed by atoms with van der Waals surface area (Å²) in [4.78, 5) is 43.4. The van der Waals surface area contributed by atoms with E-state index in [1.807, 2.05) is 18.2 Å². The summed E-state index contributed by atoms with van der Waals surface area (Å²) in [6.07, 6.45) is 4.65. The highest BCUT2D eigenvalue weighted by Crippen LogP contribution is 2.23. The molecule has 34 heavy (non-hydrogen) atoms. The van der Waals surface area contributed by atoms with Gasteiger partial charge in [0.2, 0.25) is 0 Å². The van der Waals surface area contributed by atoms with Crippen LogP contribution in [0, 0.1) is 0 Å². The number of H-pyrrole nitrogens is 2. The van der Waals surface area contributed by atoms with Crippen LogP contribution in [-0.4, -0.2) is 33.2 Å². The van der Waals surface area contributed by atoms with Crippen molar-refractivity contribution in [1.82, 2.24) is 14.5 Å². The summed E-state index contributed by atoms with van der Waals surface area (Å²) in [5.74, 6) is 0.219. The van der Waals surface area contributed by atoms with E-state index < -0.39 is 22.7 Å². The van der Waals surface area contributed by atoms with Gasteiger partial charge in [0.1, 0.15) is 22.0 Å². The lowest BCUT2D eigenvalue weighted by molar-refractivity contribution is 0.00717. The fraction of sp³-hybridized carbons (Fsp3) is 0.192. The monoisotopic (exact) mass is 459 g/mol. The third-order valence-corrected chi connectivity index (χ3v) is 5.04. The number of hydrogen-bond donors (Lipinski definition) is 2. The molecule has 4 rings (SSSR count). The number of hydrogen-bond acceptors (Lipinski definition) is 5. The number of para-hydroxylation sites is 1. The van der Waals surface area contributed by atoms with E-state index in [9.17, 15) is 14.4 Å². The van der Waals surface area contributed by atoms with E-state index in [4.69, 9.17) is 9.47 Å². The predicted molar refractivity (Wildman–Crippen MR) is 130 cm³/mol. The van der Waals surface area contributed by atoms with Crippen molar-refractivity contribution in [2.45, 2.75) is 26.4 Å². The molecule has 0 aliphatic heterocycles. The second-order valence-corrected chi connectivity index (χ2v) is 8.75. The van der Waals surface area contributed by atoms with Gasteiger partial charge in [-0.05, 0) is 50.6 Å². The zero-order valence-corrected chi connectivity index (χ0v) is 19.3. The molecule has 0 aliphatic carbocycles. The molecule has 8 heteroatoms. The third-order valence-electron chi connectivity index (χ3n) is 5.04. The second-order valence-electron chi connectivity index (χ2n) is 8.75. The number of rotatable bonds is 4. The molecule has 0 radical (unpaired) electrons. The van der Waals surface area contributed by atoms with Gasteiger partial charge in [-0.1, -0.05) is 30.3 Å². The molecule has 2 aromatic heterocycles. The Hall–Kier alpha value is -4.33. The van der Waals surface area contributed by atoms with Crippen LogP contribution in [0.15, 0.2) is 64.3 Å². The number of carbonyl (C=O) groups excluding carboxylic acids is 1. The molecular formula is C26H25N3O5.